The Kier molecular flexibility index (Phi) is 8.11. The van der Waals surface area contributed by atoms with E-state index in [1.807, 2.05) is 0 Å². The van der Waals surface area contributed by atoms with E-state index in [-0.39, 0.29) is 11.8 Å². The van der Waals surface area contributed by atoms with E-state index in [4.69, 9.17) is 9.47 Å². The molecule has 4 heteroatoms. The maximum absolute atomic E-state index is 6.72. The van der Waals surface area contributed by atoms with E-state index in [0.717, 1.165) is 62.4 Å². The zero-order valence-corrected chi connectivity index (χ0v) is 39.1. The van der Waals surface area contributed by atoms with Crippen LogP contribution in [0.15, 0.2) is 255 Å². The van der Waals surface area contributed by atoms with Gasteiger partial charge in [0, 0.05) is 67.6 Å². The fraction of sp³-hybridized carbons (Fsp3) is 0.0588. The molecular weight excluding hydrogens is 877 g/mol. The van der Waals surface area contributed by atoms with Crippen molar-refractivity contribution in [2.24, 2.45) is 5.92 Å². The standard InChI is InChI=1S/C68H44N2O2/c1-2-18-43(19-3-1)70-61-29-13-6-22-49(61)50-37-34-46(42-62(50)70)69(44-35-38-55-51(40-44)47-20-4-7-23-53(47)67(55)57-25-9-14-30-63(57)71-64-31-15-10-26-58(64)67)45-36-39-56-52(41-45)48-21-5-8-24-54(48)68(56)59-27-11-16-32-65(59)72-66-33-17-12-28-60(66)68/h1-42,47,53H. The zero-order chi connectivity index (χ0) is 47.1. The fourth-order valence-corrected chi connectivity index (χ4v) is 13.9. The molecule has 16 rings (SSSR count). The molecular formula is C68H44N2O2. The van der Waals surface area contributed by atoms with Gasteiger partial charge in [0.05, 0.1) is 21.9 Å². The van der Waals surface area contributed by atoms with Gasteiger partial charge in [0.1, 0.15) is 23.0 Å². The van der Waals surface area contributed by atoms with Gasteiger partial charge < -0.3 is 18.9 Å². The van der Waals surface area contributed by atoms with Crippen molar-refractivity contribution in [3.63, 3.8) is 0 Å². The maximum atomic E-state index is 6.72. The zero-order valence-electron chi connectivity index (χ0n) is 39.1. The van der Waals surface area contributed by atoms with Gasteiger partial charge in [0.25, 0.3) is 0 Å². The lowest BCUT2D eigenvalue weighted by Crippen LogP contribution is -2.37. The van der Waals surface area contributed by atoms with Crippen molar-refractivity contribution < 1.29 is 9.47 Å². The second-order valence-corrected chi connectivity index (χ2v) is 19.8. The quantitative estimate of drug-likeness (QED) is 0.176. The number of allylic oxidation sites excluding steroid dienone is 4. The topological polar surface area (TPSA) is 26.6 Å². The van der Waals surface area contributed by atoms with E-state index in [0.29, 0.717) is 0 Å². The summed E-state index contributed by atoms with van der Waals surface area (Å²) < 4.78 is 15.8. The average molecular weight is 921 g/mol. The Morgan fingerprint density at radius 3 is 1.61 bits per heavy atom. The van der Waals surface area contributed by atoms with Crippen LogP contribution in [0.4, 0.5) is 17.1 Å². The number of fused-ring (bicyclic) bond motifs is 21. The second-order valence-electron chi connectivity index (χ2n) is 19.8. The Labute approximate surface area is 417 Å². The summed E-state index contributed by atoms with van der Waals surface area (Å²) in [5.41, 5.74) is 18.1. The van der Waals surface area contributed by atoms with Crippen molar-refractivity contribution in [1.29, 1.82) is 0 Å². The predicted molar refractivity (Wildman–Crippen MR) is 290 cm³/mol. The molecule has 2 spiro atoms. The molecule has 3 heterocycles. The first-order valence-electron chi connectivity index (χ1n) is 25.1. The van der Waals surface area contributed by atoms with Crippen LogP contribution in [0.25, 0.3) is 38.6 Å². The third-order valence-electron chi connectivity index (χ3n) is 16.6. The highest BCUT2D eigenvalue weighted by Gasteiger charge is 2.57. The minimum Gasteiger partial charge on any atom is -0.457 e. The van der Waals surface area contributed by atoms with Crippen molar-refractivity contribution in [3.05, 3.63) is 299 Å². The number of aromatic nitrogens is 1. The molecule has 338 valence electrons. The summed E-state index contributed by atoms with van der Waals surface area (Å²) >= 11 is 0. The Morgan fingerprint density at radius 1 is 0.375 bits per heavy atom. The molecule has 0 fully saturated rings. The van der Waals surface area contributed by atoms with Gasteiger partial charge in [-0.15, -0.1) is 0 Å². The molecule has 0 saturated carbocycles. The van der Waals surface area contributed by atoms with Crippen LogP contribution >= 0.6 is 0 Å². The molecule has 4 nitrogen and oxygen atoms in total. The molecule has 10 aromatic carbocycles. The number of para-hydroxylation sites is 6. The summed E-state index contributed by atoms with van der Waals surface area (Å²) in [6.45, 7) is 0. The van der Waals surface area contributed by atoms with Gasteiger partial charge in [-0.1, -0.05) is 176 Å². The summed E-state index contributed by atoms with van der Waals surface area (Å²) in [5.74, 6) is 3.90. The van der Waals surface area contributed by atoms with Gasteiger partial charge >= 0.3 is 0 Å². The largest absolute Gasteiger partial charge is 0.457 e. The first-order valence-corrected chi connectivity index (χ1v) is 25.1. The number of rotatable bonds is 4. The van der Waals surface area contributed by atoms with Crippen LogP contribution in [0.1, 0.15) is 50.4 Å². The van der Waals surface area contributed by atoms with Crippen LogP contribution in [-0.2, 0) is 10.8 Å². The second kappa shape index (κ2) is 14.7. The number of hydrogen-bond donors (Lipinski definition) is 0. The minimum atomic E-state index is -0.565. The number of nitrogens with zero attached hydrogens (tertiary/aromatic N) is 2. The lowest BCUT2D eigenvalue weighted by atomic mass is 9.62. The molecule has 0 bridgehead atoms. The molecule has 0 N–H and O–H groups in total. The third kappa shape index (κ3) is 5.10. The normalized spacial score (nSPS) is 17.2. The van der Waals surface area contributed by atoms with E-state index in [9.17, 15) is 0 Å². The number of ether oxygens (including phenoxy) is 2. The molecule has 2 unspecified atom stereocenters. The SMILES string of the molecule is C1=CC2c3cc(N(c4ccc5c(c4)-c4ccccc4C54c5ccccc5Oc5ccccc54)c4ccc5c6ccccc6n(-c6ccccc6)c5c4)ccc3C3(c4ccccc4Oc4ccccc43)C2C=C1. The maximum Gasteiger partial charge on any atom is 0.132 e. The first kappa shape index (κ1) is 39.7. The Balaban J connectivity index is 0.964. The molecule has 0 amide bonds. The number of benzene rings is 10. The van der Waals surface area contributed by atoms with Crippen LogP contribution in [0.2, 0.25) is 0 Å². The monoisotopic (exact) mass is 920 g/mol. The molecule has 72 heavy (non-hydrogen) atoms. The summed E-state index contributed by atoms with van der Waals surface area (Å²) in [5, 5.41) is 2.45. The smallest absolute Gasteiger partial charge is 0.132 e. The van der Waals surface area contributed by atoms with E-state index < -0.39 is 10.8 Å². The fourth-order valence-electron chi connectivity index (χ4n) is 13.9. The van der Waals surface area contributed by atoms with Gasteiger partial charge in [-0.3, -0.25) is 0 Å². The Hall–Kier alpha value is -9.12. The highest BCUT2D eigenvalue weighted by Crippen LogP contribution is 2.66. The van der Waals surface area contributed by atoms with Crippen LogP contribution in [0, 0.1) is 5.92 Å². The van der Waals surface area contributed by atoms with E-state index >= 15 is 0 Å². The van der Waals surface area contributed by atoms with E-state index in [2.05, 4.69) is 264 Å². The summed E-state index contributed by atoms with van der Waals surface area (Å²) in [4.78, 5) is 2.50. The Morgan fingerprint density at radius 2 is 0.889 bits per heavy atom. The Bertz CT molecular complexity index is 4070. The van der Waals surface area contributed by atoms with Crippen molar-refractivity contribution in [3.8, 4) is 39.8 Å². The average Bonchev–Trinajstić information content (AvgIpc) is 4.03. The summed E-state index contributed by atoms with van der Waals surface area (Å²) in [6.07, 6.45) is 9.35. The minimum absolute atomic E-state index is 0.134. The predicted octanol–water partition coefficient (Wildman–Crippen LogP) is 17.0. The molecule has 0 radical (unpaired) electrons. The van der Waals surface area contributed by atoms with Crippen molar-refractivity contribution in [2.75, 3.05) is 4.90 Å². The third-order valence-corrected chi connectivity index (χ3v) is 16.6. The highest BCUT2D eigenvalue weighted by molar-refractivity contribution is 6.10. The van der Waals surface area contributed by atoms with E-state index in [1.165, 1.54) is 60.8 Å². The molecule has 2 aliphatic heterocycles. The number of anilines is 3. The lowest BCUT2D eigenvalue weighted by Gasteiger charge is -2.43. The van der Waals surface area contributed by atoms with Gasteiger partial charge in [0.15, 0.2) is 0 Å². The summed E-state index contributed by atoms with van der Waals surface area (Å²) in [7, 11) is 0. The first-order chi connectivity index (χ1) is 35.7. The lowest BCUT2D eigenvalue weighted by molar-refractivity contribution is 0.374. The highest BCUT2D eigenvalue weighted by atomic mass is 16.5. The van der Waals surface area contributed by atoms with Gasteiger partial charge in [-0.05, 0) is 112 Å². The van der Waals surface area contributed by atoms with Crippen LogP contribution < -0.4 is 14.4 Å². The summed E-state index contributed by atoms with van der Waals surface area (Å²) in [6, 6.07) is 84.7. The van der Waals surface area contributed by atoms with Gasteiger partial charge in [-0.25, -0.2) is 0 Å². The van der Waals surface area contributed by atoms with Crippen LogP contribution in [0.5, 0.6) is 23.0 Å². The molecule has 2 atom stereocenters. The molecule has 11 aromatic rings. The van der Waals surface area contributed by atoms with Gasteiger partial charge in [0.2, 0.25) is 0 Å². The molecule has 1 aromatic heterocycles. The molecule has 5 aliphatic rings. The number of hydrogen-bond acceptors (Lipinski definition) is 3. The van der Waals surface area contributed by atoms with Crippen LogP contribution in [0.3, 0.4) is 0 Å². The molecule has 0 saturated heterocycles. The van der Waals surface area contributed by atoms with Crippen molar-refractivity contribution in [2.45, 2.75) is 16.7 Å². The molecule has 3 aliphatic carbocycles. The van der Waals surface area contributed by atoms with E-state index in [1.54, 1.807) is 0 Å². The van der Waals surface area contributed by atoms with Crippen LogP contribution in [-0.4, -0.2) is 4.57 Å². The van der Waals surface area contributed by atoms with Gasteiger partial charge in [-0.2, -0.15) is 0 Å². The van der Waals surface area contributed by atoms with Crippen molar-refractivity contribution in [1.82, 2.24) is 4.57 Å². The van der Waals surface area contributed by atoms with Crippen molar-refractivity contribution >= 4 is 38.9 Å².